The molecule has 1 fully saturated rings. The number of piperazine rings is 1. The molecule has 2 aromatic heterocycles. The van der Waals surface area contributed by atoms with Gasteiger partial charge in [0.25, 0.3) is 0 Å². The molecule has 128 valence electrons. The zero-order valence-corrected chi connectivity index (χ0v) is 15.5. The minimum atomic E-state index is 0.552. The first-order chi connectivity index (χ1) is 11.6. The molecule has 3 rings (SSSR count). The Bertz CT molecular complexity index is 650. The maximum Gasteiger partial charge on any atom is 0.129 e. The zero-order valence-electron chi connectivity index (χ0n) is 14.0. The summed E-state index contributed by atoms with van der Waals surface area (Å²) in [6.45, 7) is 9.88. The number of nitrogens with zero attached hydrogens (tertiary/aromatic N) is 4. The molecule has 1 aliphatic rings. The Kier molecular flexibility index (Phi) is 5.72. The van der Waals surface area contributed by atoms with E-state index >= 15 is 0 Å². The second-order valence-electron chi connectivity index (χ2n) is 6.52. The summed E-state index contributed by atoms with van der Waals surface area (Å²) in [4.78, 5) is 10.9. The van der Waals surface area contributed by atoms with Crippen molar-refractivity contribution in [2.75, 3.05) is 32.7 Å². The van der Waals surface area contributed by atoms with E-state index in [9.17, 15) is 0 Å². The van der Waals surface area contributed by atoms with Crippen molar-refractivity contribution in [3.8, 4) is 0 Å². The largest absolute Gasteiger partial charge is 0.318 e. The summed E-state index contributed by atoms with van der Waals surface area (Å²) >= 11 is 11.7. The van der Waals surface area contributed by atoms with Crippen molar-refractivity contribution >= 4 is 23.2 Å². The fourth-order valence-electron chi connectivity index (χ4n) is 3.32. The van der Waals surface area contributed by atoms with Gasteiger partial charge in [-0.3, -0.25) is 4.90 Å². The van der Waals surface area contributed by atoms with Gasteiger partial charge in [-0.25, -0.2) is 9.97 Å². The van der Waals surface area contributed by atoms with Crippen molar-refractivity contribution in [1.29, 1.82) is 0 Å². The number of rotatable bonds is 5. The van der Waals surface area contributed by atoms with Crippen LogP contribution in [0.1, 0.15) is 18.1 Å². The van der Waals surface area contributed by atoms with Gasteiger partial charge >= 0.3 is 0 Å². The molecular formula is C18H23Cl2N4+. The summed E-state index contributed by atoms with van der Waals surface area (Å²) in [7, 11) is 0. The van der Waals surface area contributed by atoms with Gasteiger partial charge in [-0.1, -0.05) is 29.3 Å². The lowest BCUT2D eigenvalue weighted by Crippen LogP contribution is -2.58. The highest BCUT2D eigenvalue weighted by Crippen LogP contribution is 2.20. The lowest BCUT2D eigenvalue weighted by molar-refractivity contribution is -0.943. The molecule has 1 aliphatic heterocycles. The SMILES string of the molecule is CC[N+]1(Cc2ccc(Cl)nc2)CCN(Cc2ccc(Cl)nc2)CC1. The van der Waals surface area contributed by atoms with Crippen LogP contribution in [0.15, 0.2) is 36.7 Å². The van der Waals surface area contributed by atoms with E-state index < -0.39 is 0 Å². The Morgan fingerprint density at radius 1 is 0.958 bits per heavy atom. The summed E-state index contributed by atoms with van der Waals surface area (Å²) in [5, 5.41) is 1.11. The molecule has 0 bridgehead atoms. The zero-order chi connectivity index (χ0) is 17.0. The first-order valence-electron chi connectivity index (χ1n) is 8.37. The average molecular weight is 366 g/mol. The summed E-state index contributed by atoms with van der Waals surface area (Å²) in [6, 6.07) is 7.90. The molecule has 0 radical (unpaired) electrons. The molecule has 6 heteroatoms. The smallest absolute Gasteiger partial charge is 0.129 e. The van der Waals surface area contributed by atoms with Crippen molar-refractivity contribution in [3.05, 3.63) is 58.1 Å². The maximum atomic E-state index is 5.89. The predicted molar refractivity (Wildman–Crippen MR) is 98.0 cm³/mol. The number of quaternary nitrogens is 1. The van der Waals surface area contributed by atoms with Crippen molar-refractivity contribution < 1.29 is 4.48 Å². The first-order valence-corrected chi connectivity index (χ1v) is 9.12. The summed E-state index contributed by atoms with van der Waals surface area (Å²) in [5.74, 6) is 0. The van der Waals surface area contributed by atoms with E-state index in [0.717, 1.165) is 50.3 Å². The van der Waals surface area contributed by atoms with E-state index in [1.165, 1.54) is 11.1 Å². The number of likely N-dealkylation sites (N-methyl/N-ethyl adjacent to an activating group) is 1. The third kappa shape index (κ3) is 4.45. The van der Waals surface area contributed by atoms with Crippen LogP contribution in [-0.2, 0) is 13.1 Å². The van der Waals surface area contributed by atoms with E-state index in [0.29, 0.717) is 10.3 Å². The van der Waals surface area contributed by atoms with E-state index in [-0.39, 0.29) is 0 Å². The normalized spacial score (nSPS) is 17.8. The summed E-state index contributed by atoms with van der Waals surface area (Å²) in [6.07, 6.45) is 3.78. The van der Waals surface area contributed by atoms with Gasteiger partial charge in [0.15, 0.2) is 0 Å². The number of aromatic nitrogens is 2. The van der Waals surface area contributed by atoms with Gasteiger partial charge in [-0.05, 0) is 30.7 Å². The molecule has 0 aromatic carbocycles. The van der Waals surface area contributed by atoms with Crippen LogP contribution in [-0.4, -0.2) is 52.1 Å². The Labute approximate surface area is 153 Å². The number of hydrogen-bond acceptors (Lipinski definition) is 3. The van der Waals surface area contributed by atoms with Gasteiger partial charge in [-0.15, -0.1) is 0 Å². The van der Waals surface area contributed by atoms with E-state index in [2.05, 4.69) is 33.9 Å². The molecular weight excluding hydrogens is 343 g/mol. The molecule has 0 saturated carbocycles. The lowest BCUT2D eigenvalue weighted by atomic mass is 10.1. The van der Waals surface area contributed by atoms with Crippen molar-refractivity contribution in [1.82, 2.24) is 14.9 Å². The Morgan fingerprint density at radius 3 is 2.04 bits per heavy atom. The fourth-order valence-corrected chi connectivity index (χ4v) is 3.54. The van der Waals surface area contributed by atoms with Gasteiger partial charge in [0.05, 0.1) is 19.6 Å². The summed E-state index contributed by atoms with van der Waals surface area (Å²) in [5.41, 5.74) is 2.48. The molecule has 0 N–H and O–H groups in total. The van der Waals surface area contributed by atoms with E-state index in [1.54, 1.807) is 0 Å². The highest BCUT2D eigenvalue weighted by Gasteiger charge is 2.31. The molecule has 24 heavy (non-hydrogen) atoms. The second kappa shape index (κ2) is 7.79. The Balaban J connectivity index is 1.59. The van der Waals surface area contributed by atoms with E-state index in [1.807, 2.05) is 24.5 Å². The molecule has 0 atom stereocenters. The minimum absolute atomic E-state index is 0.552. The average Bonchev–Trinajstić information content (AvgIpc) is 2.61. The van der Waals surface area contributed by atoms with Crippen LogP contribution < -0.4 is 0 Å². The Hall–Kier alpha value is -1.20. The summed E-state index contributed by atoms with van der Waals surface area (Å²) < 4.78 is 1.11. The molecule has 1 saturated heterocycles. The molecule has 4 nitrogen and oxygen atoms in total. The molecule has 0 unspecified atom stereocenters. The molecule has 3 heterocycles. The van der Waals surface area contributed by atoms with Gasteiger partial charge in [0.2, 0.25) is 0 Å². The lowest BCUT2D eigenvalue weighted by Gasteiger charge is -2.44. The minimum Gasteiger partial charge on any atom is -0.318 e. The topological polar surface area (TPSA) is 29.0 Å². The highest BCUT2D eigenvalue weighted by atomic mass is 35.5. The van der Waals surface area contributed by atoms with Crippen molar-refractivity contribution in [2.24, 2.45) is 0 Å². The Morgan fingerprint density at radius 2 is 1.54 bits per heavy atom. The third-order valence-corrected chi connectivity index (χ3v) is 5.40. The van der Waals surface area contributed by atoms with Crippen LogP contribution in [0.5, 0.6) is 0 Å². The van der Waals surface area contributed by atoms with Crippen molar-refractivity contribution in [2.45, 2.75) is 20.0 Å². The van der Waals surface area contributed by atoms with E-state index in [4.69, 9.17) is 23.2 Å². The van der Waals surface area contributed by atoms with Crippen molar-refractivity contribution in [3.63, 3.8) is 0 Å². The molecule has 0 amide bonds. The fraction of sp³-hybridized carbons (Fsp3) is 0.444. The van der Waals surface area contributed by atoms with Crippen LogP contribution in [0.3, 0.4) is 0 Å². The quantitative estimate of drug-likeness (QED) is 0.598. The molecule has 2 aromatic rings. The standard InChI is InChI=1S/C18H23Cl2N4/c1-2-24(14-16-4-6-18(20)22-12-16)9-7-23(8-10-24)13-15-3-5-17(19)21-11-15/h3-6,11-12H,2,7-10,13-14H2,1H3/q+1. The van der Waals surface area contributed by atoms with Crippen LogP contribution in [0.4, 0.5) is 0 Å². The van der Waals surface area contributed by atoms with Crippen LogP contribution in [0.2, 0.25) is 10.3 Å². The predicted octanol–water partition coefficient (Wildman–Crippen LogP) is 3.64. The molecule has 0 aliphatic carbocycles. The first kappa shape index (κ1) is 17.6. The van der Waals surface area contributed by atoms with Crippen LogP contribution in [0, 0.1) is 0 Å². The van der Waals surface area contributed by atoms with Crippen LogP contribution in [0.25, 0.3) is 0 Å². The molecule has 0 spiro atoms. The number of halogens is 2. The number of pyridine rings is 2. The third-order valence-electron chi connectivity index (χ3n) is 4.95. The van der Waals surface area contributed by atoms with Gasteiger partial charge in [0.1, 0.15) is 16.9 Å². The maximum absolute atomic E-state index is 5.89. The highest BCUT2D eigenvalue weighted by molar-refractivity contribution is 6.29. The monoisotopic (exact) mass is 365 g/mol. The number of hydrogen-bond donors (Lipinski definition) is 0. The van der Waals surface area contributed by atoms with Gasteiger partial charge < -0.3 is 4.48 Å². The van der Waals surface area contributed by atoms with Gasteiger partial charge in [-0.2, -0.15) is 0 Å². The van der Waals surface area contributed by atoms with Gasteiger partial charge in [0, 0.05) is 37.6 Å². The van der Waals surface area contributed by atoms with Crippen LogP contribution >= 0.6 is 23.2 Å². The second-order valence-corrected chi connectivity index (χ2v) is 7.29.